The van der Waals surface area contributed by atoms with Gasteiger partial charge in [0.1, 0.15) is 0 Å². The van der Waals surface area contributed by atoms with E-state index in [1.165, 1.54) is 0 Å². The quantitative estimate of drug-likeness (QED) is 0.119. The Labute approximate surface area is 197 Å². The number of ether oxygens (including phenoxy) is 2. The van der Waals surface area contributed by atoms with Gasteiger partial charge in [0.25, 0.3) is 0 Å². The Balaban J connectivity index is 2.60. The fourth-order valence-corrected chi connectivity index (χ4v) is 5.01. The third kappa shape index (κ3) is 11.5. The van der Waals surface area contributed by atoms with Gasteiger partial charge in [0.15, 0.2) is 0 Å². The van der Waals surface area contributed by atoms with E-state index in [1.807, 2.05) is 32.0 Å². The van der Waals surface area contributed by atoms with Gasteiger partial charge in [-0.3, -0.25) is 4.57 Å². The maximum atomic E-state index is 13.8. The molecule has 0 aliphatic carbocycles. The van der Waals surface area contributed by atoms with Crippen LogP contribution in [0.25, 0.3) is 0 Å². The molecule has 184 valence electrons. The molecule has 0 aliphatic heterocycles. The van der Waals surface area contributed by atoms with E-state index in [1.54, 1.807) is 6.07 Å². The minimum atomic E-state index is -3.51. The molecule has 1 rings (SSSR count). The summed E-state index contributed by atoms with van der Waals surface area (Å²) in [6.07, 6.45) is 6.50. The number of rotatable bonds is 18. The number of benzene rings is 1. The highest BCUT2D eigenvalue weighted by Crippen LogP contribution is 2.49. The fourth-order valence-electron chi connectivity index (χ4n) is 3.00. The molecule has 0 atom stereocenters. The Morgan fingerprint density at radius 1 is 0.818 bits per heavy atom. The van der Waals surface area contributed by atoms with Crippen LogP contribution in [0, 0.1) is 0 Å². The van der Waals surface area contributed by atoms with Crippen LogP contribution in [0.3, 0.4) is 0 Å². The predicted octanol–water partition coefficient (Wildman–Crippen LogP) is 5.46. The summed E-state index contributed by atoms with van der Waals surface area (Å²) in [7, 11) is -3.51. The summed E-state index contributed by atoms with van der Waals surface area (Å²) < 4.78 is 35.4. The third-order valence-corrected chi connectivity index (χ3v) is 6.82. The van der Waals surface area contributed by atoms with Crippen LogP contribution < -0.4 is 5.30 Å². The van der Waals surface area contributed by atoms with Crippen molar-refractivity contribution in [2.24, 2.45) is 0 Å². The Kier molecular flexibility index (Phi) is 14.3. The van der Waals surface area contributed by atoms with Crippen molar-refractivity contribution in [1.82, 2.24) is 0 Å². The van der Waals surface area contributed by atoms with Crippen molar-refractivity contribution in [3.8, 4) is 0 Å². The van der Waals surface area contributed by atoms with E-state index in [2.05, 4.69) is 13.2 Å². The molecule has 8 heteroatoms. The molecule has 0 aliphatic rings. The first kappa shape index (κ1) is 28.8. The first-order valence-corrected chi connectivity index (χ1v) is 12.9. The molecule has 1 aromatic rings. The van der Waals surface area contributed by atoms with E-state index in [-0.39, 0.29) is 19.1 Å². The summed E-state index contributed by atoms with van der Waals surface area (Å²) in [5.41, 5.74) is 0.938. The molecular weight excluding hydrogens is 443 g/mol. The van der Waals surface area contributed by atoms with Gasteiger partial charge in [-0.2, -0.15) is 0 Å². The number of esters is 2. The number of carbonyl (C=O) groups is 2. The van der Waals surface area contributed by atoms with Crippen LogP contribution in [0.2, 0.25) is 0 Å². The number of unbranched alkanes of at least 4 members (excludes halogenated alkanes) is 4. The van der Waals surface area contributed by atoms with Gasteiger partial charge in [0.05, 0.1) is 31.7 Å². The molecule has 0 N–H and O–H groups in total. The largest absolute Gasteiger partial charge is 0.463 e. The summed E-state index contributed by atoms with van der Waals surface area (Å²) in [6, 6.07) is 7.50. The van der Waals surface area contributed by atoms with Crippen molar-refractivity contribution in [2.75, 3.05) is 26.4 Å². The Morgan fingerprint density at radius 2 is 1.27 bits per heavy atom. The Hall–Kier alpha value is -2.21. The standard InChI is InChI=1S/C25H37O7P/c1-5-24(26)29-17-11-7-13-19-31-33(28,23-16-10-9-15-22(23)21(3)4)32-20-14-8-12-18-30-25(27)6-2/h5-6,9-10,15-16,21H,1-2,7-8,11-14,17-20H2,3-4H3. The molecular formula is C25H37O7P. The summed E-state index contributed by atoms with van der Waals surface area (Å²) in [4.78, 5) is 22.1. The van der Waals surface area contributed by atoms with Gasteiger partial charge in [-0.1, -0.05) is 45.2 Å². The fraction of sp³-hybridized carbons (Fsp3) is 0.520. The Morgan fingerprint density at radius 3 is 1.73 bits per heavy atom. The first-order valence-electron chi connectivity index (χ1n) is 11.4. The van der Waals surface area contributed by atoms with Crippen molar-refractivity contribution in [1.29, 1.82) is 0 Å². The number of hydrogen-bond acceptors (Lipinski definition) is 7. The van der Waals surface area contributed by atoms with Crippen LogP contribution in [0.1, 0.15) is 63.9 Å². The number of carbonyl (C=O) groups excluding carboxylic acids is 2. The van der Waals surface area contributed by atoms with Crippen molar-refractivity contribution in [3.05, 3.63) is 55.1 Å². The van der Waals surface area contributed by atoms with Crippen LogP contribution in [0.4, 0.5) is 0 Å². The zero-order valence-corrected chi connectivity index (χ0v) is 20.7. The van der Waals surface area contributed by atoms with Crippen molar-refractivity contribution in [3.63, 3.8) is 0 Å². The van der Waals surface area contributed by atoms with Gasteiger partial charge in [0, 0.05) is 12.2 Å². The van der Waals surface area contributed by atoms with Crippen molar-refractivity contribution in [2.45, 2.75) is 58.3 Å². The average Bonchev–Trinajstić information content (AvgIpc) is 2.82. The van der Waals surface area contributed by atoms with Gasteiger partial charge in [-0.25, -0.2) is 9.59 Å². The molecule has 0 fully saturated rings. The van der Waals surface area contributed by atoms with E-state index in [9.17, 15) is 14.2 Å². The van der Waals surface area contributed by atoms with Crippen LogP contribution in [-0.4, -0.2) is 38.4 Å². The van der Waals surface area contributed by atoms with Crippen LogP contribution >= 0.6 is 7.60 Å². The Bertz CT molecular complexity index is 766. The van der Waals surface area contributed by atoms with E-state index in [4.69, 9.17) is 18.5 Å². The maximum absolute atomic E-state index is 13.8. The zero-order valence-electron chi connectivity index (χ0n) is 19.8. The molecule has 0 spiro atoms. The smallest absolute Gasteiger partial charge is 0.361 e. The third-order valence-electron chi connectivity index (χ3n) is 4.78. The van der Waals surface area contributed by atoms with Gasteiger partial charge in [-0.15, -0.1) is 0 Å². The second-order valence-electron chi connectivity index (χ2n) is 7.74. The summed E-state index contributed by atoms with van der Waals surface area (Å²) in [5.74, 6) is -0.706. The lowest BCUT2D eigenvalue weighted by Gasteiger charge is -2.22. The van der Waals surface area contributed by atoms with Crippen molar-refractivity contribution >= 4 is 24.8 Å². The van der Waals surface area contributed by atoms with Gasteiger partial charge >= 0.3 is 19.5 Å². The second kappa shape index (κ2) is 16.4. The molecule has 7 nitrogen and oxygen atoms in total. The monoisotopic (exact) mass is 480 g/mol. The number of hydrogen-bond donors (Lipinski definition) is 0. The molecule has 0 radical (unpaired) electrons. The maximum Gasteiger partial charge on any atom is 0.361 e. The highest BCUT2D eigenvalue weighted by atomic mass is 31.2. The molecule has 0 amide bonds. The predicted molar refractivity (Wildman–Crippen MR) is 130 cm³/mol. The zero-order chi connectivity index (χ0) is 24.5. The van der Waals surface area contributed by atoms with Crippen molar-refractivity contribution < 1.29 is 32.7 Å². The lowest BCUT2D eigenvalue weighted by atomic mass is 10.0. The summed E-state index contributed by atoms with van der Waals surface area (Å²) in [6.45, 7) is 12.0. The molecule has 0 aromatic heterocycles. The minimum absolute atomic E-state index is 0.167. The highest BCUT2D eigenvalue weighted by Gasteiger charge is 2.30. The molecule has 0 unspecified atom stereocenters. The average molecular weight is 481 g/mol. The highest BCUT2D eigenvalue weighted by molar-refractivity contribution is 7.62. The van der Waals surface area contributed by atoms with E-state index < -0.39 is 19.5 Å². The van der Waals surface area contributed by atoms with Crippen LogP contribution in [0.5, 0.6) is 0 Å². The topological polar surface area (TPSA) is 88.1 Å². The van der Waals surface area contributed by atoms with Crippen LogP contribution in [0.15, 0.2) is 49.6 Å². The van der Waals surface area contributed by atoms with Gasteiger partial charge in [-0.05, 0) is 56.1 Å². The van der Waals surface area contributed by atoms with E-state index >= 15 is 0 Å². The molecule has 33 heavy (non-hydrogen) atoms. The van der Waals surface area contributed by atoms with Gasteiger partial charge in [0.2, 0.25) is 0 Å². The SMILES string of the molecule is C=CC(=O)OCCCCCOP(=O)(OCCCCCOC(=O)C=C)c1ccccc1C(C)C. The summed E-state index contributed by atoms with van der Waals surface area (Å²) in [5, 5.41) is 0.597. The van der Waals surface area contributed by atoms with Gasteiger partial charge < -0.3 is 18.5 Å². The van der Waals surface area contributed by atoms with E-state index in [0.29, 0.717) is 44.2 Å². The second-order valence-corrected chi connectivity index (χ2v) is 9.74. The minimum Gasteiger partial charge on any atom is -0.463 e. The van der Waals surface area contributed by atoms with Crippen LogP contribution in [-0.2, 0) is 32.7 Å². The molecule has 0 bridgehead atoms. The summed E-state index contributed by atoms with van der Waals surface area (Å²) >= 11 is 0. The lowest BCUT2D eigenvalue weighted by molar-refractivity contribution is -0.138. The molecule has 0 saturated carbocycles. The first-order chi connectivity index (χ1) is 15.8. The molecule has 1 aromatic carbocycles. The molecule has 0 saturated heterocycles. The molecule has 0 heterocycles. The normalized spacial score (nSPS) is 11.2. The lowest BCUT2D eigenvalue weighted by Crippen LogP contribution is -2.17. The van der Waals surface area contributed by atoms with E-state index in [0.717, 1.165) is 30.6 Å².